The van der Waals surface area contributed by atoms with E-state index in [-0.39, 0.29) is 10.4 Å². The molecule has 0 aliphatic heterocycles. The van der Waals surface area contributed by atoms with Crippen LogP contribution in [0.2, 0.25) is 10.4 Å². The zero-order valence-electron chi connectivity index (χ0n) is 9.98. The lowest BCUT2D eigenvalue weighted by Gasteiger charge is -2.03. The Hall–Kier alpha value is -1.11. The highest BCUT2D eigenvalue weighted by atomic mass is 35.5. The fourth-order valence-corrected chi connectivity index (χ4v) is 2.06. The Morgan fingerprint density at radius 1 is 1.28 bits per heavy atom. The van der Waals surface area contributed by atoms with E-state index in [0.29, 0.717) is 36.7 Å². The predicted molar refractivity (Wildman–Crippen MR) is 68.4 cm³/mol. The van der Waals surface area contributed by atoms with Gasteiger partial charge in [0.2, 0.25) is 5.28 Å². The molecular weight excluding hydrogens is 279 g/mol. The first-order valence-corrected chi connectivity index (χ1v) is 6.14. The van der Waals surface area contributed by atoms with Crippen molar-refractivity contribution in [1.29, 1.82) is 0 Å². The van der Waals surface area contributed by atoms with Crippen molar-refractivity contribution in [3.8, 4) is 5.88 Å². The summed E-state index contributed by atoms with van der Waals surface area (Å²) in [5, 5.41) is 4.56. The molecule has 2 heterocycles. The second-order valence-corrected chi connectivity index (χ2v) is 4.11. The highest BCUT2D eigenvalue weighted by Gasteiger charge is 2.17. The standard InChI is InChI=1S/C10H12Cl2N4O2/c1-3-18-5-4-16-7-6(9(15-16)17-2)13-10(12)14-8(7)11/h3-5H2,1-2H3. The van der Waals surface area contributed by atoms with Crippen LogP contribution >= 0.6 is 23.2 Å². The molecule has 0 atom stereocenters. The van der Waals surface area contributed by atoms with E-state index in [4.69, 9.17) is 32.7 Å². The predicted octanol–water partition coefficient (Wildman–Crippen LogP) is 2.18. The Morgan fingerprint density at radius 3 is 2.72 bits per heavy atom. The normalized spacial score (nSPS) is 11.1. The number of rotatable bonds is 5. The van der Waals surface area contributed by atoms with Gasteiger partial charge in [0.1, 0.15) is 5.52 Å². The van der Waals surface area contributed by atoms with Crippen molar-refractivity contribution in [1.82, 2.24) is 19.7 Å². The van der Waals surface area contributed by atoms with Crippen molar-refractivity contribution >= 4 is 34.2 Å². The summed E-state index contributed by atoms with van der Waals surface area (Å²) >= 11 is 11.8. The molecule has 0 amide bonds. The van der Waals surface area contributed by atoms with Crippen LogP contribution in [0.1, 0.15) is 6.92 Å². The first kappa shape index (κ1) is 13.3. The summed E-state index contributed by atoms with van der Waals surface area (Å²) in [5.74, 6) is 0.368. The quantitative estimate of drug-likeness (QED) is 0.480. The van der Waals surface area contributed by atoms with E-state index < -0.39 is 0 Å². The molecule has 18 heavy (non-hydrogen) atoms. The minimum absolute atomic E-state index is 0.0650. The third kappa shape index (κ3) is 2.50. The molecule has 2 rings (SSSR count). The number of aromatic nitrogens is 4. The Morgan fingerprint density at radius 2 is 2.06 bits per heavy atom. The van der Waals surface area contributed by atoms with E-state index in [1.807, 2.05) is 6.92 Å². The topological polar surface area (TPSA) is 62.1 Å². The van der Waals surface area contributed by atoms with Crippen LogP contribution in [-0.2, 0) is 11.3 Å². The first-order chi connectivity index (χ1) is 8.67. The summed E-state index contributed by atoms with van der Waals surface area (Å²) in [6.45, 7) is 3.64. The average molecular weight is 291 g/mol. The van der Waals surface area contributed by atoms with Crippen molar-refractivity contribution in [2.75, 3.05) is 20.3 Å². The van der Waals surface area contributed by atoms with Crippen LogP contribution in [0.4, 0.5) is 0 Å². The molecule has 0 aliphatic rings. The summed E-state index contributed by atoms with van der Waals surface area (Å²) in [4.78, 5) is 7.98. The van der Waals surface area contributed by atoms with Crippen molar-refractivity contribution in [2.24, 2.45) is 0 Å². The van der Waals surface area contributed by atoms with Crippen LogP contribution in [0.3, 0.4) is 0 Å². The number of hydrogen-bond donors (Lipinski definition) is 0. The van der Waals surface area contributed by atoms with Gasteiger partial charge in [0.05, 0.1) is 20.3 Å². The summed E-state index contributed by atoms with van der Waals surface area (Å²) in [7, 11) is 1.51. The van der Waals surface area contributed by atoms with Gasteiger partial charge in [-0.05, 0) is 18.5 Å². The van der Waals surface area contributed by atoms with E-state index in [1.165, 1.54) is 7.11 Å². The number of methoxy groups -OCH3 is 1. The monoisotopic (exact) mass is 290 g/mol. The first-order valence-electron chi connectivity index (χ1n) is 5.38. The maximum Gasteiger partial charge on any atom is 0.259 e. The molecule has 2 aromatic heterocycles. The molecule has 8 heteroatoms. The SMILES string of the molecule is CCOCCn1nc(OC)c2nc(Cl)nc(Cl)c21. The molecule has 0 fully saturated rings. The Bertz CT molecular complexity index is 558. The molecule has 0 spiro atoms. The molecular formula is C10H12Cl2N4O2. The largest absolute Gasteiger partial charge is 0.478 e. The van der Waals surface area contributed by atoms with Crippen molar-refractivity contribution in [3.05, 3.63) is 10.4 Å². The zero-order valence-corrected chi connectivity index (χ0v) is 11.5. The molecule has 0 bridgehead atoms. The van der Waals surface area contributed by atoms with Gasteiger partial charge in [-0.3, -0.25) is 4.68 Å². The third-order valence-corrected chi connectivity index (χ3v) is 2.76. The molecule has 6 nitrogen and oxygen atoms in total. The Labute approximate surface area is 114 Å². The highest BCUT2D eigenvalue weighted by molar-refractivity contribution is 6.35. The third-order valence-electron chi connectivity index (χ3n) is 2.33. The number of hydrogen-bond acceptors (Lipinski definition) is 5. The van der Waals surface area contributed by atoms with Gasteiger partial charge in [0.15, 0.2) is 10.7 Å². The van der Waals surface area contributed by atoms with Crippen molar-refractivity contribution in [3.63, 3.8) is 0 Å². The number of ether oxygens (including phenoxy) is 2. The molecule has 0 aromatic carbocycles. The molecule has 0 saturated heterocycles. The smallest absolute Gasteiger partial charge is 0.259 e. The van der Waals surface area contributed by atoms with Gasteiger partial charge >= 0.3 is 0 Å². The van der Waals surface area contributed by atoms with Gasteiger partial charge in [-0.25, -0.2) is 9.97 Å². The van der Waals surface area contributed by atoms with Gasteiger partial charge in [-0.15, -0.1) is 5.10 Å². The second-order valence-electron chi connectivity index (χ2n) is 3.41. The Balaban J connectivity index is 2.46. The fourth-order valence-electron chi connectivity index (χ4n) is 1.58. The number of fused-ring (bicyclic) bond motifs is 1. The molecule has 98 valence electrons. The Kier molecular flexibility index (Phi) is 4.21. The van der Waals surface area contributed by atoms with Crippen molar-refractivity contribution < 1.29 is 9.47 Å². The molecule has 2 aromatic rings. The minimum atomic E-state index is 0.0650. The lowest BCUT2D eigenvalue weighted by atomic mass is 10.4. The second kappa shape index (κ2) is 5.69. The molecule has 0 saturated carbocycles. The summed E-state index contributed by atoms with van der Waals surface area (Å²) in [6, 6.07) is 0. The van der Waals surface area contributed by atoms with Crippen LogP contribution in [0.25, 0.3) is 11.0 Å². The maximum absolute atomic E-state index is 6.06. The van der Waals surface area contributed by atoms with Gasteiger partial charge in [0.25, 0.3) is 5.88 Å². The average Bonchev–Trinajstić information content (AvgIpc) is 2.67. The molecule has 0 aliphatic carbocycles. The summed E-state index contributed by atoms with van der Waals surface area (Å²) < 4.78 is 12.1. The van der Waals surface area contributed by atoms with E-state index in [9.17, 15) is 0 Å². The van der Waals surface area contributed by atoms with E-state index in [0.717, 1.165) is 0 Å². The van der Waals surface area contributed by atoms with Crippen LogP contribution in [0.15, 0.2) is 0 Å². The van der Waals surface area contributed by atoms with E-state index in [1.54, 1.807) is 4.68 Å². The maximum atomic E-state index is 6.06. The zero-order chi connectivity index (χ0) is 13.1. The fraction of sp³-hybridized carbons (Fsp3) is 0.500. The lowest BCUT2D eigenvalue weighted by molar-refractivity contribution is 0.137. The lowest BCUT2D eigenvalue weighted by Crippen LogP contribution is -2.07. The number of nitrogens with zero attached hydrogens (tertiary/aromatic N) is 4. The summed E-state index contributed by atoms with van der Waals surface area (Å²) in [6.07, 6.45) is 0. The van der Waals surface area contributed by atoms with Crippen LogP contribution in [-0.4, -0.2) is 40.1 Å². The summed E-state index contributed by atoms with van der Waals surface area (Å²) in [5.41, 5.74) is 1.09. The number of halogens is 2. The minimum Gasteiger partial charge on any atom is -0.478 e. The van der Waals surface area contributed by atoms with Gasteiger partial charge in [-0.2, -0.15) is 0 Å². The molecule has 0 unspecified atom stereocenters. The van der Waals surface area contributed by atoms with Crippen LogP contribution in [0, 0.1) is 0 Å². The van der Waals surface area contributed by atoms with Crippen LogP contribution < -0.4 is 4.74 Å². The van der Waals surface area contributed by atoms with Crippen LogP contribution in [0.5, 0.6) is 5.88 Å². The molecule has 0 radical (unpaired) electrons. The van der Waals surface area contributed by atoms with Crippen molar-refractivity contribution in [2.45, 2.75) is 13.5 Å². The molecule has 0 N–H and O–H groups in total. The van der Waals surface area contributed by atoms with Gasteiger partial charge in [0, 0.05) is 6.61 Å². The van der Waals surface area contributed by atoms with Gasteiger partial charge < -0.3 is 9.47 Å². The van der Waals surface area contributed by atoms with E-state index in [2.05, 4.69) is 15.1 Å². The van der Waals surface area contributed by atoms with E-state index >= 15 is 0 Å². The van der Waals surface area contributed by atoms with Gasteiger partial charge in [-0.1, -0.05) is 11.6 Å². The highest BCUT2D eigenvalue weighted by Crippen LogP contribution is 2.28.